The fourth-order valence-corrected chi connectivity index (χ4v) is 1.51. The minimum absolute atomic E-state index is 0.187. The maximum Gasteiger partial charge on any atom is 0.123 e. The molecule has 0 aromatic heterocycles. The SMILES string of the molecule is Cc1ccc(C)c(OC(C)(C)CCN)c1. The standard InChI is InChI=1S/C13H21NO/c1-10-5-6-11(2)12(9-10)15-13(3,4)7-8-14/h5-6,9H,7-8,14H2,1-4H3. The number of rotatable bonds is 4. The predicted molar refractivity (Wildman–Crippen MR) is 64.3 cm³/mol. The number of nitrogens with two attached hydrogens (primary N) is 1. The molecule has 0 bridgehead atoms. The molecule has 0 aliphatic heterocycles. The van der Waals surface area contributed by atoms with Gasteiger partial charge in [0.15, 0.2) is 0 Å². The number of benzene rings is 1. The summed E-state index contributed by atoms with van der Waals surface area (Å²) in [5.74, 6) is 0.966. The van der Waals surface area contributed by atoms with Crippen LogP contribution in [0.25, 0.3) is 0 Å². The topological polar surface area (TPSA) is 35.2 Å². The molecule has 2 N–H and O–H groups in total. The third-order valence-electron chi connectivity index (χ3n) is 2.48. The molecule has 0 heterocycles. The van der Waals surface area contributed by atoms with Gasteiger partial charge in [0.2, 0.25) is 0 Å². The van der Waals surface area contributed by atoms with E-state index in [4.69, 9.17) is 10.5 Å². The van der Waals surface area contributed by atoms with Crippen molar-refractivity contribution >= 4 is 0 Å². The first-order valence-electron chi connectivity index (χ1n) is 5.41. The lowest BCUT2D eigenvalue weighted by Gasteiger charge is -2.27. The molecule has 1 aromatic carbocycles. The van der Waals surface area contributed by atoms with Crippen molar-refractivity contribution in [3.05, 3.63) is 29.3 Å². The van der Waals surface area contributed by atoms with Gasteiger partial charge < -0.3 is 10.5 Å². The van der Waals surface area contributed by atoms with Crippen LogP contribution in [0, 0.1) is 13.8 Å². The first-order valence-corrected chi connectivity index (χ1v) is 5.41. The van der Waals surface area contributed by atoms with Crippen LogP contribution in [0.1, 0.15) is 31.4 Å². The van der Waals surface area contributed by atoms with Crippen molar-refractivity contribution in [2.75, 3.05) is 6.54 Å². The van der Waals surface area contributed by atoms with Crippen LogP contribution in [0.4, 0.5) is 0 Å². The molecule has 0 radical (unpaired) electrons. The molecule has 1 rings (SSSR count). The van der Waals surface area contributed by atoms with Crippen molar-refractivity contribution in [1.82, 2.24) is 0 Å². The Morgan fingerprint density at radius 2 is 1.93 bits per heavy atom. The van der Waals surface area contributed by atoms with Gasteiger partial charge in [-0.05, 0) is 57.9 Å². The smallest absolute Gasteiger partial charge is 0.123 e. The maximum atomic E-state index is 5.97. The zero-order valence-corrected chi connectivity index (χ0v) is 10.1. The van der Waals surface area contributed by atoms with Crippen molar-refractivity contribution in [1.29, 1.82) is 0 Å². The van der Waals surface area contributed by atoms with Gasteiger partial charge in [0.1, 0.15) is 11.4 Å². The summed E-state index contributed by atoms with van der Waals surface area (Å²) in [6.07, 6.45) is 0.861. The van der Waals surface area contributed by atoms with Gasteiger partial charge in [-0.15, -0.1) is 0 Å². The van der Waals surface area contributed by atoms with Gasteiger partial charge in [0, 0.05) is 0 Å². The van der Waals surface area contributed by atoms with Gasteiger partial charge in [-0.25, -0.2) is 0 Å². The van der Waals surface area contributed by atoms with E-state index in [0.717, 1.165) is 12.2 Å². The van der Waals surface area contributed by atoms with Crippen LogP contribution in [0.2, 0.25) is 0 Å². The zero-order chi connectivity index (χ0) is 11.5. The molecular formula is C13H21NO. The van der Waals surface area contributed by atoms with E-state index in [0.29, 0.717) is 6.54 Å². The monoisotopic (exact) mass is 207 g/mol. The molecule has 1 aromatic rings. The Balaban J connectivity index is 2.83. The van der Waals surface area contributed by atoms with Gasteiger partial charge in [0.25, 0.3) is 0 Å². The Bertz CT molecular complexity index is 331. The fraction of sp³-hybridized carbons (Fsp3) is 0.538. The number of hydrogen-bond donors (Lipinski definition) is 1. The minimum Gasteiger partial charge on any atom is -0.488 e. The van der Waals surface area contributed by atoms with Gasteiger partial charge >= 0.3 is 0 Å². The molecule has 2 nitrogen and oxygen atoms in total. The Hall–Kier alpha value is -1.02. The Kier molecular flexibility index (Phi) is 3.75. The van der Waals surface area contributed by atoms with E-state index < -0.39 is 0 Å². The maximum absolute atomic E-state index is 5.97. The molecule has 0 amide bonds. The third kappa shape index (κ3) is 3.56. The van der Waals surface area contributed by atoms with Crippen LogP contribution in [-0.4, -0.2) is 12.1 Å². The molecule has 0 fully saturated rings. The second kappa shape index (κ2) is 4.67. The van der Waals surface area contributed by atoms with E-state index in [1.807, 2.05) is 0 Å². The van der Waals surface area contributed by atoms with E-state index in [9.17, 15) is 0 Å². The van der Waals surface area contributed by atoms with Crippen molar-refractivity contribution in [2.45, 2.75) is 39.7 Å². The summed E-state index contributed by atoms with van der Waals surface area (Å²) in [5, 5.41) is 0. The highest BCUT2D eigenvalue weighted by molar-refractivity contribution is 5.36. The quantitative estimate of drug-likeness (QED) is 0.824. The zero-order valence-electron chi connectivity index (χ0n) is 10.1. The van der Waals surface area contributed by atoms with Crippen LogP contribution >= 0.6 is 0 Å². The first kappa shape index (κ1) is 12.1. The molecule has 0 unspecified atom stereocenters. The summed E-state index contributed by atoms with van der Waals surface area (Å²) >= 11 is 0. The van der Waals surface area contributed by atoms with Crippen molar-refractivity contribution in [3.8, 4) is 5.75 Å². The lowest BCUT2D eigenvalue weighted by molar-refractivity contribution is 0.101. The molecule has 0 aliphatic rings. The van der Waals surface area contributed by atoms with E-state index >= 15 is 0 Å². The molecular weight excluding hydrogens is 186 g/mol. The summed E-state index contributed by atoms with van der Waals surface area (Å²) in [6.45, 7) is 8.93. The second-order valence-corrected chi connectivity index (χ2v) is 4.67. The van der Waals surface area contributed by atoms with Gasteiger partial charge in [-0.3, -0.25) is 0 Å². The average molecular weight is 207 g/mol. The number of hydrogen-bond acceptors (Lipinski definition) is 2. The van der Waals surface area contributed by atoms with Gasteiger partial charge in [-0.2, -0.15) is 0 Å². The lowest BCUT2D eigenvalue weighted by atomic mass is 10.0. The molecule has 0 saturated carbocycles. The van der Waals surface area contributed by atoms with Crippen LogP contribution in [-0.2, 0) is 0 Å². The largest absolute Gasteiger partial charge is 0.488 e. The highest BCUT2D eigenvalue weighted by atomic mass is 16.5. The summed E-state index contributed by atoms with van der Waals surface area (Å²) in [6, 6.07) is 6.26. The summed E-state index contributed by atoms with van der Waals surface area (Å²) in [4.78, 5) is 0. The summed E-state index contributed by atoms with van der Waals surface area (Å²) in [5.41, 5.74) is 7.76. The van der Waals surface area contributed by atoms with E-state index in [1.54, 1.807) is 0 Å². The van der Waals surface area contributed by atoms with Crippen molar-refractivity contribution in [2.24, 2.45) is 5.73 Å². The first-order chi connectivity index (χ1) is 6.94. The van der Waals surface area contributed by atoms with E-state index in [1.165, 1.54) is 11.1 Å². The average Bonchev–Trinajstić information content (AvgIpc) is 2.10. The lowest BCUT2D eigenvalue weighted by Crippen LogP contribution is -2.31. The third-order valence-corrected chi connectivity index (χ3v) is 2.48. The molecule has 0 atom stereocenters. The molecule has 0 aliphatic carbocycles. The van der Waals surface area contributed by atoms with Crippen LogP contribution in [0.3, 0.4) is 0 Å². The number of aryl methyl sites for hydroxylation is 2. The van der Waals surface area contributed by atoms with Crippen molar-refractivity contribution < 1.29 is 4.74 Å². The predicted octanol–water partition coefficient (Wildman–Crippen LogP) is 2.81. The fourth-order valence-electron chi connectivity index (χ4n) is 1.51. The van der Waals surface area contributed by atoms with Gasteiger partial charge in [-0.1, -0.05) is 12.1 Å². The van der Waals surface area contributed by atoms with Crippen LogP contribution in [0.5, 0.6) is 5.75 Å². The van der Waals surface area contributed by atoms with Crippen LogP contribution < -0.4 is 10.5 Å². The molecule has 0 spiro atoms. The highest BCUT2D eigenvalue weighted by Gasteiger charge is 2.19. The highest BCUT2D eigenvalue weighted by Crippen LogP contribution is 2.25. The molecule has 84 valence electrons. The van der Waals surface area contributed by atoms with Crippen molar-refractivity contribution in [3.63, 3.8) is 0 Å². The van der Waals surface area contributed by atoms with E-state index in [2.05, 4.69) is 45.9 Å². The molecule has 15 heavy (non-hydrogen) atoms. The Morgan fingerprint density at radius 3 is 2.53 bits per heavy atom. The summed E-state index contributed by atoms with van der Waals surface area (Å²) < 4.78 is 5.97. The van der Waals surface area contributed by atoms with E-state index in [-0.39, 0.29) is 5.60 Å². The minimum atomic E-state index is -0.187. The molecule has 0 saturated heterocycles. The Morgan fingerprint density at radius 1 is 1.27 bits per heavy atom. The second-order valence-electron chi connectivity index (χ2n) is 4.67. The number of ether oxygens (including phenoxy) is 1. The van der Waals surface area contributed by atoms with Crippen LogP contribution in [0.15, 0.2) is 18.2 Å². The normalized spacial score (nSPS) is 11.5. The summed E-state index contributed by atoms with van der Waals surface area (Å²) in [7, 11) is 0. The molecule has 2 heteroatoms. The Labute approximate surface area is 92.4 Å². The van der Waals surface area contributed by atoms with Gasteiger partial charge in [0.05, 0.1) is 0 Å².